The number of aliphatic hydroxyl groups excluding tert-OH is 4. The van der Waals surface area contributed by atoms with E-state index < -0.39 is 51.3 Å². The molecule has 19 heavy (non-hydrogen) atoms. The van der Waals surface area contributed by atoms with Gasteiger partial charge in [0.05, 0.1) is 19.3 Å². The van der Waals surface area contributed by atoms with Gasteiger partial charge in [-0.15, -0.1) is 0 Å². The van der Waals surface area contributed by atoms with Crippen molar-refractivity contribution in [1.29, 1.82) is 0 Å². The first kappa shape index (κ1) is 18.4. The summed E-state index contributed by atoms with van der Waals surface area (Å²) in [4.78, 5) is 27.6. The number of phosphoric acid groups is 1. The molecule has 0 fully saturated rings. The normalized spacial score (nSPS) is 18.5. The smallest absolute Gasteiger partial charge is 0.394 e. The van der Waals surface area contributed by atoms with Crippen molar-refractivity contribution in [2.75, 3.05) is 13.2 Å². The second-order valence-electron chi connectivity index (χ2n) is 3.82. The molecule has 4 atom stereocenters. The maximum Gasteiger partial charge on any atom is 0.469 e. The van der Waals surface area contributed by atoms with Crippen LogP contribution in [0.2, 0.25) is 0 Å². The minimum atomic E-state index is -4.81. The Morgan fingerprint density at radius 3 is 2.16 bits per heavy atom. The number of nitrogens with one attached hydrogen (secondary N) is 1. The number of hydrogen-bond donors (Lipinski definition) is 7. The summed E-state index contributed by atoms with van der Waals surface area (Å²) in [6, 6.07) is -1.24. The molecule has 0 saturated carbocycles. The third kappa shape index (κ3) is 7.55. The number of amides is 1. The van der Waals surface area contributed by atoms with Crippen molar-refractivity contribution in [2.24, 2.45) is 0 Å². The molecule has 0 radical (unpaired) electrons. The molecule has 0 aromatic carbocycles. The summed E-state index contributed by atoms with van der Waals surface area (Å²) >= 11 is 0. The van der Waals surface area contributed by atoms with E-state index in [1.807, 2.05) is 0 Å². The summed E-state index contributed by atoms with van der Waals surface area (Å²) in [7, 11) is -4.81. The molecule has 0 aliphatic carbocycles. The predicted molar refractivity (Wildman–Crippen MR) is 60.7 cm³/mol. The summed E-state index contributed by atoms with van der Waals surface area (Å²) < 4.78 is 14.3. The fraction of sp³-hybridized carbons (Fsp3) is 0.875. The first-order chi connectivity index (χ1) is 8.58. The highest BCUT2D eigenvalue weighted by atomic mass is 31.2. The minimum absolute atomic E-state index is 0.578. The second-order valence-corrected chi connectivity index (χ2v) is 5.06. The van der Waals surface area contributed by atoms with E-state index in [0.29, 0.717) is 0 Å². The van der Waals surface area contributed by atoms with E-state index in [0.717, 1.165) is 6.92 Å². The molecule has 0 heterocycles. The van der Waals surface area contributed by atoms with Crippen LogP contribution in [0.3, 0.4) is 0 Å². The molecule has 0 saturated heterocycles. The van der Waals surface area contributed by atoms with Crippen molar-refractivity contribution in [3.05, 3.63) is 0 Å². The maximum atomic E-state index is 10.8. The number of aliphatic hydroxyl groups is 4. The van der Waals surface area contributed by atoms with Crippen LogP contribution < -0.4 is 5.32 Å². The lowest BCUT2D eigenvalue weighted by Gasteiger charge is -2.28. The quantitative estimate of drug-likeness (QED) is 0.226. The Bertz CT molecular complexity index is 332. The fourth-order valence-electron chi connectivity index (χ4n) is 1.24. The third-order valence-electron chi connectivity index (χ3n) is 2.16. The standard InChI is InChI=1S/C8H18NO9P/c1-4(11)9-5(2-10)7(13)8(14)6(12)3-18-19(15,16)17/h5-8,10,12-14H,2-3H2,1H3,(H,9,11)(H2,15,16,17)/t5-,6-,7+,8+/m0/s1. The van der Waals surface area contributed by atoms with Gasteiger partial charge in [-0.2, -0.15) is 0 Å². The lowest BCUT2D eigenvalue weighted by molar-refractivity contribution is -0.124. The van der Waals surface area contributed by atoms with E-state index in [-0.39, 0.29) is 0 Å². The topological polar surface area (TPSA) is 177 Å². The zero-order chi connectivity index (χ0) is 15.2. The lowest BCUT2D eigenvalue weighted by Crippen LogP contribution is -2.54. The van der Waals surface area contributed by atoms with E-state index in [9.17, 15) is 24.7 Å². The molecule has 0 aliphatic heterocycles. The molecule has 10 nitrogen and oxygen atoms in total. The fourth-order valence-corrected chi connectivity index (χ4v) is 1.58. The zero-order valence-electron chi connectivity index (χ0n) is 10.1. The Balaban J connectivity index is 4.47. The molecule has 114 valence electrons. The van der Waals surface area contributed by atoms with Crippen LogP contribution in [0.25, 0.3) is 0 Å². The molecule has 7 N–H and O–H groups in total. The predicted octanol–water partition coefficient (Wildman–Crippen LogP) is -3.32. The monoisotopic (exact) mass is 303 g/mol. The molecule has 0 aliphatic rings. The van der Waals surface area contributed by atoms with E-state index in [4.69, 9.17) is 14.9 Å². The van der Waals surface area contributed by atoms with Crippen molar-refractivity contribution in [2.45, 2.75) is 31.3 Å². The SMILES string of the molecule is CC(=O)N[C@@H](CO)[C@@H](O)[C@H](O)[C@@H](O)COP(=O)(O)O. The highest BCUT2D eigenvalue weighted by molar-refractivity contribution is 7.46. The summed E-state index contributed by atoms with van der Waals surface area (Å²) in [5.74, 6) is -0.578. The molecule has 1 amide bonds. The highest BCUT2D eigenvalue weighted by Crippen LogP contribution is 2.35. The van der Waals surface area contributed by atoms with Gasteiger partial charge in [0.1, 0.15) is 18.3 Å². The molecule has 0 aromatic heterocycles. The van der Waals surface area contributed by atoms with Gasteiger partial charge in [-0.3, -0.25) is 9.32 Å². The maximum absolute atomic E-state index is 10.8. The molecule has 0 spiro atoms. The summed E-state index contributed by atoms with van der Waals surface area (Å²) in [5.41, 5.74) is 0. The molecule has 11 heteroatoms. The zero-order valence-corrected chi connectivity index (χ0v) is 11.0. The van der Waals surface area contributed by atoms with E-state index >= 15 is 0 Å². The molecule has 0 rings (SSSR count). The average Bonchev–Trinajstić information content (AvgIpc) is 2.29. The minimum Gasteiger partial charge on any atom is -0.394 e. The van der Waals surface area contributed by atoms with Gasteiger partial charge in [0, 0.05) is 6.92 Å². The van der Waals surface area contributed by atoms with Gasteiger partial charge < -0.3 is 35.5 Å². The van der Waals surface area contributed by atoms with Crippen LogP contribution in [0, 0.1) is 0 Å². The Labute approximate surface area is 108 Å². The van der Waals surface area contributed by atoms with Crippen LogP contribution in [0.5, 0.6) is 0 Å². The van der Waals surface area contributed by atoms with Crippen molar-refractivity contribution in [1.82, 2.24) is 5.32 Å². The molecular formula is C8H18NO9P. The summed E-state index contributed by atoms with van der Waals surface area (Å²) in [6.07, 6.45) is -5.44. The summed E-state index contributed by atoms with van der Waals surface area (Å²) in [5, 5.41) is 39.5. The Morgan fingerprint density at radius 2 is 1.79 bits per heavy atom. The van der Waals surface area contributed by atoms with Gasteiger partial charge in [0.15, 0.2) is 0 Å². The molecule has 0 unspecified atom stereocenters. The highest BCUT2D eigenvalue weighted by Gasteiger charge is 2.32. The van der Waals surface area contributed by atoms with E-state index in [2.05, 4.69) is 9.84 Å². The Hall–Kier alpha value is -0.580. The largest absolute Gasteiger partial charge is 0.469 e. The second kappa shape index (κ2) is 7.88. The van der Waals surface area contributed by atoms with Gasteiger partial charge in [-0.05, 0) is 0 Å². The van der Waals surface area contributed by atoms with Gasteiger partial charge in [-0.1, -0.05) is 0 Å². The van der Waals surface area contributed by atoms with Crippen molar-refractivity contribution < 1.29 is 44.1 Å². The van der Waals surface area contributed by atoms with Crippen LogP contribution >= 0.6 is 7.82 Å². The van der Waals surface area contributed by atoms with E-state index in [1.165, 1.54) is 0 Å². The van der Waals surface area contributed by atoms with Gasteiger partial charge in [0.2, 0.25) is 5.91 Å². The van der Waals surface area contributed by atoms with Gasteiger partial charge in [-0.25, -0.2) is 4.57 Å². The average molecular weight is 303 g/mol. The first-order valence-corrected chi connectivity index (χ1v) is 6.73. The van der Waals surface area contributed by atoms with Gasteiger partial charge >= 0.3 is 7.82 Å². The molecule has 0 bridgehead atoms. The number of phosphoric ester groups is 1. The Morgan fingerprint density at radius 1 is 1.26 bits per heavy atom. The lowest BCUT2D eigenvalue weighted by atomic mass is 10.0. The number of hydrogen-bond acceptors (Lipinski definition) is 7. The van der Waals surface area contributed by atoms with Crippen LogP contribution in [-0.2, 0) is 13.9 Å². The molecular weight excluding hydrogens is 285 g/mol. The first-order valence-electron chi connectivity index (χ1n) is 5.20. The number of carbonyl (C=O) groups excluding carboxylic acids is 1. The van der Waals surface area contributed by atoms with Crippen LogP contribution in [0.4, 0.5) is 0 Å². The van der Waals surface area contributed by atoms with Crippen LogP contribution in [-0.4, -0.2) is 73.7 Å². The van der Waals surface area contributed by atoms with E-state index in [1.54, 1.807) is 0 Å². The van der Waals surface area contributed by atoms with Crippen LogP contribution in [0.15, 0.2) is 0 Å². The van der Waals surface area contributed by atoms with Crippen molar-refractivity contribution in [3.63, 3.8) is 0 Å². The Kier molecular flexibility index (Phi) is 7.64. The van der Waals surface area contributed by atoms with Crippen molar-refractivity contribution >= 4 is 13.7 Å². The van der Waals surface area contributed by atoms with Crippen molar-refractivity contribution in [3.8, 4) is 0 Å². The summed E-state index contributed by atoms with van der Waals surface area (Å²) in [6.45, 7) is -0.514. The number of rotatable bonds is 8. The molecule has 0 aromatic rings. The van der Waals surface area contributed by atoms with Gasteiger partial charge in [0.25, 0.3) is 0 Å². The van der Waals surface area contributed by atoms with Crippen LogP contribution in [0.1, 0.15) is 6.92 Å². The third-order valence-corrected chi connectivity index (χ3v) is 2.64. The number of carbonyl (C=O) groups is 1.